The number of nitrogens with one attached hydrogen (secondary N) is 1. The Hall–Kier alpha value is -1.85. The number of carbonyl (C=O) groups excluding carboxylic acids is 2. The zero-order valence-corrected chi connectivity index (χ0v) is 11.7. The Morgan fingerprint density at radius 2 is 2.15 bits per heavy atom. The maximum Gasteiger partial charge on any atom is 0.168 e. The first-order chi connectivity index (χ1) is 9.69. The average molecular weight is 294 g/mol. The first kappa shape index (κ1) is 14.6. The van der Waals surface area contributed by atoms with Crippen LogP contribution < -0.4 is 10.6 Å². The first-order valence-corrected chi connectivity index (χ1v) is 6.66. The van der Waals surface area contributed by atoms with Gasteiger partial charge < -0.3 is 10.6 Å². The molecular weight excluding hydrogens is 278 g/mol. The quantitative estimate of drug-likeness (QED) is 0.478. The van der Waals surface area contributed by atoms with Crippen molar-refractivity contribution in [2.24, 2.45) is 5.73 Å². The molecule has 2 rings (SSSR count). The fraction of sp³-hybridized carbons (Fsp3) is 0.286. The Morgan fingerprint density at radius 1 is 1.35 bits per heavy atom. The molecule has 0 amide bonds. The molecule has 1 heterocycles. The number of nitrogens with two attached hydrogens (primary N) is 1. The van der Waals surface area contributed by atoms with Crippen molar-refractivity contribution in [3.05, 3.63) is 46.3 Å². The number of aldehydes is 2. The largest absolute Gasteiger partial charge is 0.394 e. The minimum absolute atomic E-state index is 0.0259. The predicted molar refractivity (Wildman–Crippen MR) is 76.6 cm³/mol. The van der Waals surface area contributed by atoms with Crippen molar-refractivity contribution in [3.8, 4) is 0 Å². The molecule has 20 heavy (non-hydrogen) atoms. The van der Waals surface area contributed by atoms with Crippen molar-refractivity contribution in [1.82, 2.24) is 9.74 Å². The number of rotatable bonds is 5. The summed E-state index contributed by atoms with van der Waals surface area (Å²) in [6.45, 7) is 1.80. The van der Waals surface area contributed by atoms with Crippen LogP contribution in [0.3, 0.4) is 0 Å². The van der Waals surface area contributed by atoms with Gasteiger partial charge in [-0.1, -0.05) is 18.2 Å². The molecule has 0 saturated heterocycles. The smallest absolute Gasteiger partial charge is 0.168 e. The van der Waals surface area contributed by atoms with E-state index in [1.807, 2.05) is 11.0 Å². The van der Waals surface area contributed by atoms with E-state index in [9.17, 15) is 9.59 Å². The van der Waals surface area contributed by atoms with Crippen molar-refractivity contribution in [1.29, 1.82) is 0 Å². The summed E-state index contributed by atoms with van der Waals surface area (Å²) in [6, 6.07) is 6.15. The number of allylic oxidation sites excluding steroid dienone is 2. The number of benzene rings is 1. The van der Waals surface area contributed by atoms with Gasteiger partial charge in [-0.3, -0.25) is 9.59 Å². The summed E-state index contributed by atoms with van der Waals surface area (Å²) < 4.78 is 0. The second-order valence-electron chi connectivity index (χ2n) is 4.66. The van der Waals surface area contributed by atoms with Gasteiger partial charge in [0.1, 0.15) is 5.70 Å². The summed E-state index contributed by atoms with van der Waals surface area (Å²) in [4.78, 5) is 26.3. The van der Waals surface area contributed by atoms with Crippen LogP contribution in [0.1, 0.15) is 16.7 Å². The topological polar surface area (TPSA) is 75.4 Å². The van der Waals surface area contributed by atoms with E-state index in [0.29, 0.717) is 32.2 Å². The highest BCUT2D eigenvalue weighted by Crippen LogP contribution is 2.23. The van der Waals surface area contributed by atoms with Gasteiger partial charge in [0, 0.05) is 19.6 Å². The molecular formula is C14H16ClN3O2. The van der Waals surface area contributed by atoms with Gasteiger partial charge in [-0.05, 0) is 34.9 Å². The molecule has 5 nitrogen and oxygen atoms in total. The normalized spacial score (nSPS) is 15.3. The molecule has 0 unspecified atom stereocenters. The van der Waals surface area contributed by atoms with Gasteiger partial charge in [0.25, 0.3) is 0 Å². The Morgan fingerprint density at radius 3 is 2.80 bits per heavy atom. The molecule has 0 radical (unpaired) electrons. The van der Waals surface area contributed by atoms with Gasteiger partial charge in [0.05, 0.1) is 5.70 Å². The van der Waals surface area contributed by atoms with Gasteiger partial charge in [0.2, 0.25) is 0 Å². The molecule has 1 aliphatic rings. The molecule has 0 aliphatic carbocycles. The second-order valence-corrected chi connectivity index (χ2v) is 4.93. The molecule has 1 aliphatic heterocycles. The van der Waals surface area contributed by atoms with Crippen LogP contribution in [0.25, 0.3) is 0 Å². The number of hydrogen-bond donors (Lipinski definition) is 2. The molecule has 6 heteroatoms. The van der Waals surface area contributed by atoms with E-state index < -0.39 is 0 Å². The van der Waals surface area contributed by atoms with Crippen LogP contribution in [0, 0.1) is 0 Å². The van der Waals surface area contributed by atoms with Crippen molar-refractivity contribution >= 4 is 24.3 Å². The molecule has 0 fully saturated rings. The summed E-state index contributed by atoms with van der Waals surface area (Å²) in [6.07, 6.45) is 1.96. The highest BCUT2D eigenvalue weighted by molar-refractivity contribution is 6.13. The SMILES string of the molecule is N/C(C=O)=C(/C=O)N1CCc2ccc(CNCl)cc2C1. The Bertz CT molecular complexity index is 557. The summed E-state index contributed by atoms with van der Waals surface area (Å²) in [7, 11) is 0. The molecule has 0 aromatic heterocycles. The monoisotopic (exact) mass is 293 g/mol. The van der Waals surface area contributed by atoms with Crippen molar-refractivity contribution in [2.75, 3.05) is 6.54 Å². The maximum atomic E-state index is 11.1. The predicted octanol–water partition coefficient (Wildman–Crippen LogP) is 0.856. The average Bonchev–Trinajstić information content (AvgIpc) is 2.47. The van der Waals surface area contributed by atoms with E-state index >= 15 is 0 Å². The third-order valence-corrected chi connectivity index (χ3v) is 3.56. The van der Waals surface area contributed by atoms with Crippen molar-refractivity contribution < 1.29 is 9.59 Å². The molecule has 0 atom stereocenters. The lowest BCUT2D eigenvalue weighted by molar-refractivity contribution is -0.108. The first-order valence-electron chi connectivity index (χ1n) is 6.28. The van der Waals surface area contributed by atoms with Crippen LogP contribution in [-0.2, 0) is 29.1 Å². The third kappa shape index (κ3) is 3.00. The minimum atomic E-state index is -0.0259. The summed E-state index contributed by atoms with van der Waals surface area (Å²) in [5.74, 6) is 0. The van der Waals surface area contributed by atoms with E-state index in [2.05, 4.69) is 17.0 Å². The van der Waals surface area contributed by atoms with E-state index in [1.54, 1.807) is 0 Å². The minimum Gasteiger partial charge on any atom is -0.394 e. The van der Waals surface area contributed by atoms with E-state index in [0.717, 1.165) is 17.5 Å². The van der Waals surface area contributed by atoms with E-state index in [4.69, 9.17) is 17.5 Å². The Labute approximate surface area is 122 Å². The molecule has 106 valence electrons. The zero-order valence-electron chi connectivity index (χ0n) is 10.9. The number of carbonyl (C=O) groups is 2. The second kappa shape index (κ2) is 6.54. The zero-order chi connectivity index (χ0) is 14.5. The van der Waals surface area contributed by atoms with Crippen LogP contribution in [0.2, 0.25) is 0 Å². The highest BCUT2D eigenvalue weighted by atomic mass is 35.5. The number of halogens is 1. The Kier molecular flexibility index (Phi) is 4.76. The maximum absolute atomic E-state index is 11.1. The van der Waals surface area contributed by atoms with Gasteiger partial charge in [-0.25, -0.2) is 4.84 Å². The van der Waals surface area contributed by atoms with Crippen LogP contribution >= 0.6 is 11.8 Å². The van der Waals surface area contributed by atoms with Crippen molar-refractivity contribution in [2.45, 2.75) is 19.5 Å². The molecule has 1 aromatic carbocycles. The molecule has 0 saturated carbocycles. The number of nitrogens with zero attached hydrogens (tertiary/aromatic N) is 1. The Balaban J connectivity index is 2.27. The van der Waals surface area contributed by atoms with Gasteiger partial charge in [-0.15, -0.1) is 0 Å². The lowest BCUT2D eigenvalue weighted by atomic mass is 9.97. The lowest BCUT2D eigenvalue weighted by Gasteiger charge is -2.31. The summed E-state index contributed by atoms with van der Waals surface area (Å²) in [5.41, 5.74) is 9.24. The fourth-order valence-corrected chi connectivity index (χ4v) is 2.54. The van der Waals surface area contributed by atoms with E-state index in [-0.39, 0.29) is 11.4 Å². The lowest BCUT2D eigenvalue weighted by Crippen LogP contribution is -2.32. The van der Waals surface area contributed by atoms with Crippen LogP contribution in [0.4, 0.5) is 0 Å². The van der Waals surface area contributed by atoms with Gasteiger partial charge >= 0.3 is 0 Å². The molecule has 3 N–H and O–H groups in total. The summed E-state index contributed by atoms with van der Waals surface area (Å²) in [5, 5.41) is 0. The summed E-state index contributed by atoms with van der Waals surface area (Å²) >= 11 is 5.51. The van der Waals surface area contributed by atoms with Crippen LogP contribution in [0.15, 0.2) is 29.6 Å². The number of hydrogen-bond acceptors (Lipinski definition) is 5. The molecule has 0 spiro atoms. The van der Waals surface area contributed by atoms with Crippen molar-refractivity contribution in [3.63, 3.8) is 0 Å². The molecule has 0 bridgehead atoms. The fourth-order valence-electron chi connectivity index (χ4n) is 2.39. The van der Waals surface area contributed by atoms with E-state index in [1.165, 1.54) is 5.56 Å². The number of fused-ring (bicyclic) bond motifs is 1. The standard InChI is InChI=1S/C14H16ClN3O2/c15-17-6-10-1-2-11-3-4-18(7-12(11)5-10)14(9-20)13(16)8-19/h1-2,5,8-9,17H,3-4,6-7,16H2/b14-13-. The van der Waals surface area contributed by atoms with Gasteiger partial charge in [0.15, 0.2) is 12.6 Å². The van der Waals surface area contributed by atoms with Crippen LogP contribution in [-0.4, -0.2) is 24.0 Å². The van der Waals surface area contributed by atoms with Gasteiger partial charge in [-0.2, -0.15) is 0 Å². The van der Waals surface area contributed by atoms with Crippen LogP contribution in [0.5, 0.6) is 0 Å². The highest BCUT2D eigenvalue weighted by Gasteiger charge is 2.20. The third-order valence-electron chi connectivity index (χ3n) is 3.43. The molecule has 1 aromatic rings.